The van der Waals surface area contributed by atoms with E-state index in [0.717, 1.165) is 0 Å². The van der Waals surface area contributed by atoms with E-state index < -0.39 is 11.2 Å². The topological polar surface area (TPSA) is 110 Å². The third kappa shape index (κ3) is 2.60. The summed E-state index contributed by atoms with van der Waals surface area (Å²) in [5, 5.41) is 11.9. The Morgan fingerprint density at radius 2 is 2.00 bits per heavy atom. The molecule has 10 heteroatoms. The van der Waals surface area contributed by atoms with Gasteiger partial charge < -0.3 is 5.73 Å². The van der Waals surface area contributed by atoms with E-state index in [1.807, 2.05) is 0 Å². The van der Waals surface area contributed by atoms with E-state index >= 15 is 4.39 Å². The van der Waals surface area contributed by atoms with Crippen LogP contribution in [0.2, 0.25) is 5.02 Å². The number of amides is 1. The van der Waals surface area contributed by atoms with Crippen LogP contribution in [0.15, 0.2) is 41.3 Å². The minimum absolute atomic E-state index is 0.0449. The molecule has 1 fully saturated rings. The molecule has 0 atom stereocenters. The third-order valence-corrected chi connectivity index (χ3v) is 6.95. The van der Waals surface area contributed by atoms with Crippen LogP contribution in [0.3, 0.4) is 0 Å². The highest BCUT2D eigenvalue weighted by Gasteiger charge is 2.61. The Kier molecular flexibility index (Phi) is 4.09. The molecule has 0 saturated heterocycles. The smallest absolute Gasteiger partial charge is 0.272 e. The third-order valence-electron chi connectivity index (χ3n) is 6.66. The van der Waals surface area contributed by atoms with Gasteiger partial charge in [0, 0.05) is 24.5 Å². The number of aromatic nitrogens is 4. The number of hydrogen-bond donors (Lipinski definition) is 2. The number of hydrogen-bond acceptors (Lipinski definition) is 5. The number of nitrogens with two attached hydrogens (primary N) is 1. The van der Waals surface area contributed by atoms with Crippen molar-refractivity contribution in [3.63, 3.8) is 0 Å². The molecule has 4 aromatic rings. The molecular weight excluding hydrogens is 447 g/mol. The van der Waals surface area contributed by atoms with E-state index in [1.54, 1.807) is 42.2 Å². The van der Waals surface area contributed by atoms with Gasteiger partial charge in [-0.05, 0) is 42.2 Å². The van der Waals surface area contributed by atoms with Crippen LogP contribution in [-0.4, -0.2) is 25.9 Å². The first-order valence-corrected chi connectivity index (χ1v) is 10.8. The summed E-state index contributed by atoms with van der Waals surface area (Å²) in [5.74, 6) is -0.388. The molecule has 1 aliphatic carbocycles. The zero-order chi connectivity index (χ0) is 23.1. The largest absolute Gasteiger partial charge is 0.325 e. The lowest BCUT2D eigenvalue weighted by Crippen LogP contribution is -2.30. The van der Waals surface area contributed by atoms with Gasteiger partial charge in [-0.1, -0.05) is 23.7 Å². The molecule has 0 unspecified atom stereocenters. The number of nitrogens with zero attached hydrogens (tertiary/aromatic N) is 4. The molecule has 3 heterocycles. The Morgan fingerprint density at radius 1 is 1.21 bits per heavy atom. The number of rotatable bonds is 3. The van der Waals surface area contributed by atoms with Gasteiger partial charge in [-0.15, -0.1) is 0 Å². The number of aryl methyl sites for hydroxylation is 1. The highest BCUT2D eigenvalue weighted by molar-refractivity contribution is 6.31. The predicted octanol–water partition coefficient (Wildman–Crippen LogP) is 3.28. The molecule has 1 saturated carbocycles. The summed E-state index contributed by atoms with van der Waals surface area (Å²) in [6, 6.07) is 8.48. The zero-order valence-electron chi connectivity index (χ0n) is 17.5. The Hall–Kier alpha value is -3.56. The van der Waals surface area contributed by atoms with Crippen LogP contribution in [0, 0.1) is 5.82 Å². The van der Waals surface area contributed by atoms with Crippen molar-refractivity contribution < 1.29 is 9.18 Å². The molecule has 2 aromatic carbocycles. The number of carbonyl (C=O) groups is 1. The van der Waals surface area contributed by atoms with Gasteiger partial charge in [-0.25, -0.2) is 9.49 Å². The predicted molar refractivity (Wildman–Crippen MR) is 122 cm³/mol. The fourth-order valence-corrected chi connectivity index (χ4v) is 4.98. The molecule has 3 N–H and O–H groups in total. The number of nitrogens with one attached hydrogen (secondary N) is 1. The normalized spacial score (nSPS) is 16.1. The van der Waals surface area contributed by atoms with Crippen LogP contribution in [0.5, 0.6) is 0 Å². The average Bonchev–Trinajstić information content (AvgIpc) is 3.48. The summed E-state index contributed by atoms with van der Waals surface area (Å²) in [4.78, 5) is 27.2. The molecule has 2 aromatic heterocycles. The van der Waals surface area contributed by atoms with E-state index in [9.17, 15) is 9.59 Å². The molecule has 2 aliphatic rings. The number of halogens is 2. The van der Waals surface area contributed by atoms with Crippen molar-refractivity contribution in [2.24, 2.45) is 12.8 Å². The lowest BCUT2D eigenvalue weighted by molar-refractivity contribution is -0.119. The minimum atomic E-state index is -0.713. The molecule has 166 valence electrons. The maximum absolute atomic E-state index is 15.3. The molecule has 0 radical (unpaired) electrons. The van der Waals surface area contributed by atoms with Gasteiger partial charge in [0.15, 0.2) is 5.82 Å². The number of benzene rings is 2. The summed E-state index contributed by atoms with van der Waals surface area (Å²) < 4.78 is 16.8. The van der Waals surface area contributed by atoms with E-state index in [0.29, 0.717) is 51.8 Å². The maximum Gasteiger partial charge on any atom is 0.272 e. The Bertz CT molecular complexity index is 1550. The second kappa shape index (κ2) is 6.72. The minimum Gasteiger partial charge on any atom is -0.325 e. The fraction of sp³-hybridized carbons (Fsp3) is 0.217. The van der Waals surface area contributed by atoms with Crippen molar-refractivity contribution in [3.8, 4) is 11.1 Å². The van der Waals surface area contributed by atoms with Crippen molar-refractivity contribution >= 4 is 39.8 Å². The molecule has 6 rings (SSSR count). The summed E-state index contributed by atoms with van der Waals surface area (Å²) >= 11 is 6.10. The Morgan fingerprint density at radius 3 is 2.73 bits per heavy atom. The van der Waals surface area contributed by atoms with E-state index in [2.05, 4.69) is 15.3 Å². The quantitative estimate of drug-likeness (QED) is 0.483. The number of anilines is 2. The molecule has 1 aliphatic heterocycles. The lowest BCUT2D eigenvalue weighted by Gasteiger charge is -2.21. The Balaban J connectivity index is 1.59. The fourth-order valence-electron chi connectivity index (χ4n) is 4.83. The summed E-state index contributed by atoms with van der Waals surface area (Å²) in [5.41, 5.74) is 7.46. The van der Waals surface area contributed by atoms with Gasteiger partial charge in [-0.3, -0.25) is 19.2 Å². The second-order valence-electron chi connectivity index (χ2n) is 8.45. The first-order chi connectivity index (χ1) is 15.9. The number of carbonyl (C=O) groups excluding carboxylic acids is 1. The summed E-state index contributed by atoms with van der Waals surface area (Å²) in [6.45, 7) is 0.140. The van der Waals surface area contributed by atoms with Gasteiger partial charge in [-0.2, -0.15) is 10.2 Å². The van der Waals surface area contributed by atoms with Crippen LogP contribution >= 0.6 is 11.6 Å². The second-order valence-corrected chi connectivity index (χ2v) is 8.86. The van der Waals surface area contributed by atoms with Crippen molar-refractivity contribution in [3.05, 3.63) is 69.0 Å². The maximum atomic E-state index is 15.3. The van der Waals surface area contributed by atoms with Gasteiger partial charge in [0.25, 0.3) is 5.56 Å². The van der Waals surface area contributed by atoms with E-state index in [-0.39, 0.29) is 28.7 Å². The van der Waals surface area contributed by atoms with Crippen molar-refractivity contribution in [1.82, 2.24) is 20.0 Å². The highest BCUT2D eigenvalue weighted by Crippen LogP contribution is 2.60. The number of H-pyrrole nitrogens is 1. The van der Waals surface area contributed by atoms with Crippen LogP contribution in [-0.2, 0) is 23.8 Å². The molecule has 0 bridgehead atoms. The molecule has 33 heavy (non-hydrogen) atoms. The molecular formula is C23H18ClFN6O2. The van der Waals surface area contributed by atoms with E-state index in [4.69, 9.17) is 17.3 Å². The van der Waals surface area contributed by atoms with Gasteiger partial charge >= 0.3 is 0 Å². The van der Waals surface area contributed by atoms with E-state index in [1.165, 1.54) is 11.0 Å². The summed E-state index contributed by atoms with van der Waals surface area (Å²) in [7, 11) is 1.70. The standard InChI is InChI=1S/C23H18ClFN6O2/c1-30-21(31-19-15(4-5-16(24)18(19)25)23(6-7-23)22(31)33)14(10-27-30)11-2-3-12-13(8-11)17(9-26)28-29-20(12)32/h2-5,8,10H,6-7,9,26H2,1H3,(H,29,32). The Labute approximate surface area is 191 Å². The van der Waals surface area contributed by atoms with Gasteiger partial charge in [0.05, 0.1) is 33.4 Å². The van der Waals surface area contributed by atoms with Gasteiger partial charge in [0.1, 0.15) is 5.82 Å². The highest BCUT2D eigenvalue weighted by atomic mass is 35.5. The molecule has 1 spiro atoms. The molecule has 8 nitrogen and oxygen atoms in total. The van der Waals surface area contributed by atoms with Crippen LogP contribution in [0.4, 0.5) is 15.9 Å². The lowest BCUT2D eigenvalue weighted by atomic mass is 9.98. The van der Waals surface area contributed by atoms with Crippen molar-refractivity contribution in [1.29, 1.82) is 0 Å². The van der Waals surface area contributed by atoms with Crippen LogP contribution in [0.1, 0.15) is 24.1 Å². The number of aromatic amines is 1. The van der Waals surface area contributed by atoms with Crippen LogP contribution in [0.25, 0.3) is 21.9 Å². The molecule has 1 amide bonds. The first-order valence-electron chi connectivity index (χ1n) is 10.4. The monoisotopic (exact) mass is 464 g/mol. The number of fused-ring (bicyclic) bond motifs is 3. The van der Waals surface area contributed by atoms with Crippen molar-refractivity contribution in [2.75, 3.05) is 4.90 Å². The van der Waals surface area contributed by atoms with Crippen LogP contribution < -0.4 is 16.2 Å². The van der Waals surface area contributed by atoms with Gasteiger partial charge in [0.2, 0.25) is 5.91 Å². The first kappa shape index (κ1) is 20.1. The average molecular weight is 465 g/mol. The SMILES string of the molecule is Cn1ncc(-c2ccc3c(=O)[nH]nc(CN)c3c2)c1N1C(=O)C2(CC2)c2ccc(Cl)c(F)c21. The van der Waals surface area contributed by atoms with Crippen molar-refractivity contribution in [2.45, 2.75) is 24.8 Å². The summed E-state index contributed by atoms with van der Waals surface area (Å²) in [6.07, 6.45) is 2.94. The zero-order valence-corrected chi connectivity index (χ0v) is 18.3.